The number of benzene rings is 2. The molecule has 0 radical (unpaired) electrons. The van der Waals surface area contributed by atoms with Gasteiger partial charge in [0.25, 0.3) is 5.91 Å². The Hall–Kier alpha value is -2.07. The maximum atomic E-state index is 12.3. The molecule has 0 heterocycles. The first-order chi connectivity index (χ1) is 15.3. The van der Waals surface area contributed by atoms with Gasteiger partial charge in [-0.15, -0.1) is 0 Å². The molecule has 2 aromatic rings. The highest BCUT2D eigenvalue weighted by atomic mass is 79.9. The second kappa shape index (κ2) is 13.5. The van der Waals surface area contributed by atoms with Crippen molar-refractivity contribution < 1.29 is 19.1 Å². The molecule has 0 aromatic heterocycles. The molecule has 2 rings (SSSR count). The maximum Gasteiger partial charge on any atom is 0.257 e. The molecule has 2 aromatic carbocycles. The van der Waals surface area contributed by atoms with Gasteiger partial charge in [-0.3, -0.25) is 25.8 Å². The van der Waals surface area contributed by atoms with Crippen molar-refractivity contribution in [2.24, 2.45) is 0 Å². The van der Waals surface area contributed by atoms with Crippen molar-refractivity contribution in [2.75, 3.05) is 13.2 Å². The van der Waals surface area contributed by atoms with Gasteiger partial charge < -0.3 is 9.47 Å². The van der Waals surface area contributed by atoms with Crippen molar-refractivity contribution in [2.45, 2.75) is 26.2 Å². The summed E-state index contributed by atoms with van der Waals surface area (Å²) in [5.74, 6) is 0.411. The largest absolute Gasteiger partial charge is 0.492 e. The summed E-state index contributed by atoms with van der Waals surface area (Å²) in [6.45, 7) is 2.88. The average Bonchev–Trinajstić information content (AvgIpc) is 2.75. The van der Waals surface area contributed by atoms with Crippen molar-refractivity contribution in [1.82, 2.24) is 16.2 Å². The summed E-state index contributed by atoms with van der Waals surface area (Å²) in [5.41, 5.74) is 5.31. The average molecular weight is 563 g/mol. The molecule has 0 spiro atoms. The van der Waals surface area contributed by atoms with E-state index in [4.69, 9.17) is 44.9 Å². The maximum absolute atomic E-state index is 12.3. The Morgan fingerprint density at radius 2 is 1.75 bits per heavy atom. The molecule has 0 aliphatic carbocycles. The predicted molar refractivity (Wildman–Crippen MR) is 132 cm³/mol. The van der Waals surface area contributed by atoms with Crippen LogP contribution in [0.4, 0.5) is 0 Å². The topological polar surface area (TPSA) is 88.7 Å². The summed E-state index contributed by atoms with van der Waals surface area (Å²) in [6.07, 6.45) is 1.51. The minimum atomic E-state index is -0.423. The molecular formula is C21H22BrCl2N3O4S. The Morgan fingerprint density at radius 1 is 1.03 bits per heavy atom. The van der Waals surface area contributed by atoms with Crippen LogP contribution in [-0.2, 0) is 4.79 Å². The van der Waals surface area contributed by atoms with E-state index in [1.54, 1.807) is 36.4 Å². The van der Waals surface area contributed by atoms with Crippen molar-refractivity contribution in [1.29, 1.82) is 0 Å². The molecule has 0 saturated carbocycles. The highest BCUT2D eigenvalue weighted by Crippen LogP contribution is 2.28. The van der Waals surface area contributed by atoms with Crippen LogP contribution in [0.25, 0.3) is 0 Å². The lowest BCUT2D eigenvalue weighted by atomic mass is 10.2. The third-order valence-corrected chi connectivity index (χ3v) is 5.25. The van der Waals surface area contributed by atoms with Crippen molar-refractivity contribution >= 4 is 68.3 Å². The number of nitrogens with one attached hydrogen (secondary N) is 3. The lowest BCUT2D eigenvalue weighted by Crippen LogP contribution is -2.48. The van der Waals surface area contributed by atoms with Crippen LogP contribution in [0.5, 0.6) is 11.5 Å². The fourth-order valence-corrected chi connectivity index (χ4v) is 3.47. The molecule has 0 aliphatic rings. The van der Waals surface area contributed by atoms with E-state index in [0.717, 1.165) is 6.42 Å². The Kier molecular flexibility index (Phi) is 11.0. The zero-order chi connectivity index (χ0) is 23.5. The molecule has 3 N–H and O–H groups in total. The number of thiocarbonyl (C=S) groups is 1. The number of rotatable bonds is 9. The van der Waals surface area contributed by atoms with Crippen molar-refractivity contribution in [3.8, 4) is 11.5 Å². The van der Waals surface area contributed by atoms with E-state index in [9.17, 15) is 9.59 Å². The van der Waals surface area contributed by atoms with Crippen LogP contribution in [-0.4, -0.2) is 30.1 Å². The molecule has 172 valence electrons. The number of carbonyl (C=O) groups excluding carboxylic acids is 2. The molecule has 2 amide bonds. The molecule has 0 fully saturated rings. The highest BCUT2D eigenvalue weighted by Gasteiger charge is 2.11. The molecule has 0 saturated heterocycles. The third kappa shape index (κ3) is 8.82. The molecular weight excluding hydrogens is 541 g/mol. The van der Waals surface area contributed by atoms with E-state index >= 15 is 0 Å². The summed E-state index contributed by atoms with van der Waals surface area (Å²) >= 11 is 20.3. The van der Waals surface area contributed by atoms with Gasteiger partial charge in [0, 0.05) is 17.0 Å². The van der Waals surface area contributed by atoms with Gasteiger partial charge in [-0.05, 0) is 77.4 Å². The quantitative estimate of drug-likeness (QED) is 0.225. The van der Waals surface area contributed by atoms with Crippen LogP contribution >= 0.6 is 51.3 Å². The van der Waals surface area contributed by atoms with Crippen LogP contribution in [0.15, 0.2) is 40.9 Å². The summed E-state index contributed by atoms with van der Waals surface area (Å²) < 4.78 is 11.7. The van der Waals surface area contributed by atoms with Crippen LogP contribution in [0.3, 0.4) is 0 Å². The molecule has 0 atom stereocenters. The fourth-order valence-electron chi connectivity index (χ4n) is 2.37. The summed E-state index contributed by atoms with van der Waals surface area (Å²) in [6, 6.07) is 9.87. The number of halogens is 3. The van der Waals surface area contributed by atoms with Gasteiger partial charge >= 0.3 is 0 Å². The number of ether oxygens (including phenoxy) is 2. The van der Waals surface area contributed by atoms with E-state index in [2.05, 4.69) is 32.1 Å². The first-order valence-corrected chi connectivity index (χ1v) is 11.7. The second-order valence-corrected chi connectivity index (χ2v) is 8.58. The Bertz CT molecular complexity index is 978. The lowest BCUT2D eigenvalue weighted by Gasteiger charge is -2.12. The molecule has 0 bridgehead atoms. The Balaban J connectivity index is 1.69. The number of hydrogen-bond acceptors (Lipinski definition) is 5. The first-order valence-electron chi connectivity index (χ1n) is 9.70. The first kappa shape index (κ1) is 26.2. The van der Waals surface area contributed by atoms with Crippen LogP contribution in [0.2, 0.25) is 10.0 Å². The fraction of sp³-hybridized carbons (Fsp3) is 0.286. The SMILES string of the molecule is CCCOc1ccc(C(=O)NC(=S)NNC(=O)CCCOc2ccc(Cl)cc2Cl)cc1Br. The number of hydrazine groups is 1. The zero-order valence-corrected chi connectivity index (χ0v) is 21.1. The van der Waals surface area contributed by atoms with Crippen LogP contribution < -0.4 is 25.6 Å². The number of hydrogen-bond donors (Lipinski definition) is 3. The summed E-state index contributed by atoms with van der Waals surface area (Å²) in [5, 5.41) is 3.38. The normalized spacial score (nSPS) is 10.2. The van der Waals surface area contributed by atoms with E-state index in [-0.39, 0.29) is 17.4 Å². The standard InChI is InChI=1S/C21H22BrCl2N3O4S/c1-2-9-30-17-7-5-13(11-15(17)22)20(29)25-21(32)27-26-19(28)4-3-10-31-18-8-6-14(23)12-16(18)24/h5-8,11-12H,2-4,9-10H2,1H3,(H,26,28)(H2,25,27,29,32). The van der Waals surface area contributed by atoms with Gasteiger partial charge in [-0.2, -0.15) is 0 Å². The van der Waals surface area contributed by atoms with Gasteiger partial charge in [0.05, 0.1) is 22.7 Å². The van der Waals surface area contributed by atoms with Gasteiger partial charge in [-0.25, -0.2) is 0 Å². The van der Waals surface area contributed by atoms with E-state index in [0.29, 0.717) is 51.2 Å². The molecule has 0 aliphatic heterocycles. The van der Waals surface area contributed by atoms with E-state index in [1.807, 2.05) is 6.92 Å². The molecule has 7 nitrogen and oxygen atoms in total. The van der Waals surface area contributed by atoms with Crippen LogP contribution in [0, 0.1) is 0 Å². The van der Waals surface area contributed by atoms with Crippen LogP contribution in [0.1, 0.15) is 36.5 Å². The minimum Gasteiger partial charge on any atom is -0.492 e. The molecule has 32 heavy (non-hydrogen) atoms. The van der Waals surface area contributed by atoms with E-state index < -0.39 is 5.91 Å². The molecule has 11 heteroatoms. The Labute approximate surface area is 210 Å². The van der Waals surface area contributed by atoms with Gasteiger partial charge in [0.2, 0.25) is 5.91 Å². The number of carbonyl (C=O) groups is 2. The predicted octanol–water partition coefficient (Wildman–Crippen LogP) is 5.04. The highest BCUT2D eigenvalue weighted by molar-refractivity contribution is 9.10. The van der Waals surface area contributed by atoms with E-state index in [1.165, 1.54) is 0 Å². The number of amides is 2. The third-order valence-electron chi connectivity index (χ3n) is 3.90. The zero-order valence-electron chi connectivity index (χ0n) is 17.2. The van der Waals surface area contributed by atoms with Gasteiger partial charge in [0.1, 0.15) is 11.5 Å². The smallest absolute Gasteiger partial charge is 0.257 e. The Morgan fingerprint density at radius 3 is 2.44 bits per heavy atom. The molecule has 0 unspecified atom stereocenters. The summed E-state index contributed by atoms with van der Waals surface area (Å²) in [4.78, 5) is 24.3. The van der Waals surface area contributed by atoms with Gasteiger partial charge in [-0.1, -0.05) is 30.1 Å². The lowest BCUT2D eigenvalue weighted by molar-refractivity contribution is -0.121. The monoisotopic (exact) mass is 561 g/mol. The second-order valence-electron chi connectivity index (χ2n) is 6.48. The minimum absolute atomic E-state index is 0.0324. The summed E-state index contributed by atoms with van der Waals surface area (Å²) in [7, 11) is 0. The van der Waals surface area contributed by atoms with Gasteiger partial charge in [0.15, 0.2) is 5.11 Å². The van der Waals surface area contributed by atoms with Crippen molar-refractivity contribution in [3.63, 3.8) is 0 Å². The van der Waals surface area contributed by atoms with Crippen molar-refractivity contribution in [3.05, 3.63) is 56.5 Å².